The Morgan fingerprint density at radius 2 is 2.07 bits per heavy atom. The fraction of sp³-hybridized carbons (Fsp3) is 0.609. The Morgan fingerprint density at radius 3 is 2.83 bits per heavy atom. The number of hydrogen-bond donors (Lipinski definition) is 2. The number of fused-ring (bicyclic) bond motifs is 1. The Kier molecular flexibility index (Phi) is 4.81. The second kappa shape index (κ2) is 7.38. The van der Waals surface area contributed by atoms with Gasteiger partial charge in [0.05, 0.1) is 23.3 Å². The first-order valence-electron chi connectivity index (χ1n) is 11.2. The number of nitrogens with one attached hydrogen (secondary N) is 2. The molecular weight excluding hydrogens is 378 g/mol. The standard InChI is InChI=1S/C23H31N5O2/c1-23(2)15(14-24-22(30)19-6-4-11-27(19)16-7-8-16)13-20(23)26-21(29)17-5-3-12-28-18(17)9-10-25-28/h3,5,9-10,12,15-16,19-20H,4,6-8,11,13-14H2,1-2H3,(H,24,30)(H,26,29). The maximum atomic E-state index is 12.9. The number of pyridine rings is 1. The normalized spacial score (nSPS) is 28.3. The van der Waals surface area contributed by atoms with Crippen LogP contribution >= 0.6 is 0 Å². The number of aromatic nitrogens is 2. The summed E-state index contributed by atoms with van der Waals surface area (Å²) in [5.41, 5.74) is 1.40. The van der Waals surface area contributed by atoms with Crippen molar-refractivity contribution in [2.45, 2.75) is 64.1 Å². The van der Waals surface area contributed by atoms with Gasteiger partial charge in [-0.1, -0.05) is 13.8 Å². The molecule has 2 aromatic rings. The van der Waals surface area contributed by atoms with Crippen LogP contribution in [0.25, 0.3) is 5.52 Å². The predicted molar refractivity (Wildman–Crippen MR) is 114 cm³/mol. The van der Waals surface area contributed by atoms with Gasteiger partial charge in [0.2, 0.25) is 5.91 Å². The molecule has 3 fully saturated rings. The Balaban J connectivity index is 1.16. The zero-order valence-electron chi connectivity index (χ0n) is 17.8. The van der Waals surface area contributed by atoms with Crippen LogP contribution in [0.4, 0.5) is 0 Å². The van der Waals surface area contributed by atoms with Gasteiger partial charge in [-0.3, -0.25) is 14.5 Å². The second-order valence-electron chi connectivity index (χ2n) is 9.74. The minimum Gasteiger partial charge on any atom is -0.354 e. The van der Waals surface area contributed by atoms with Crippen LogP contribution in [0, 0.1) is 11.3 Å². The van der Waals surface area contributed by atoms with E-state index in [1.807, 2.05) is 24.4 Å². The molecular formula is C23H31N5O2. The first kappa shape index (κ1) is 19.5. The molecule has 2 N–H and O–H groups in total. The smallest absolute Gasteiger partial charge is 0.253 e. The highest BCUT2D eigenvalue weighted by Gasteiger charge is 2.49. The van der Waals surface area contributed by atoms with Crippen molar-refractivity contribution < 1.29 is 9.59 Å². The summed E-state index contributed by atoms with van der Waals surface area (Å²) in [6.07, 6.45) is 9.02. The minimum atomic E-state index is -0.0623. The van der Waals surface area contributed by atoms with Crippen molar-refractivity contribution in [3.05, 3.63) is 36.2 Å². The summed E-state index contributed by atoms with van der Waals surface area (Å²) < 4.78 is 1.72. The molecule has 2 aromatic heterocycles. The lowest BCUT2D eigenvalue weighted by Crippen LogP contribution is -2.61. The molecule has 1 aliphatic heterocycles. The molecule has 1 saturated heterocycles. The highest BCUT2D eigenvalue weighted by Crippen LogP contribution is 2.46. The van der Waals surface area contributed by atoms with Gasteiger partial charge >= 0.3 is 0 Å². The van der Waals surface area contributed by atoms with Crippen LogP contribution in [-0.2, 0) is 4.79 Å². The molecule has 2 saturated carbocycles. The quantitative estimate of drug-likeness (QED) is 0.767. The van der Waals surface area contributed by atoms with Gasteiger partial charge in [0.15, 0.2) is 0 Å². The van der Waals surface area contributed by atoms with E-state index in [0.29, 0.717) is 24.1 Å². The van der Waals surface area contributed by atoms with E-state index in [-0.39, 0.29) is 29.3 Å². The Morgan fingerprint density at radius 1 is 1.23 bits per heavy atom. The van der Waals surface area contributed by atoms with Crippen molar-refractivity contribution >= 4 is 17.3 Å². The molecule has 0 radical (unpaired) electrons. The Bertz CT molecular complexity index is 963. The molecule has 3 atom stereocenters. The third kappa shape index (κ3) is 3.39. The van der Waals surface area contributed by atoms with Gasteiger partial charge in [-0.05, 0) is 68.2 Å². The fourth-order valence-electron chi connectivity index (χ4n) is 5.24. The molecule has 0 aromatic carbocycles. The highest BCUT2D eigenvalue weighted by atomic mass is 16.2. The van der Waals surface area contributed by atoms with Crippen LogP contribution < -0.4 is 10.6 Å². The van der Waals surface area contributed by atoms with Gasteiger partial charge in [-0.15, -0.1) is 0 Å². The van der Waals surface area contributed by atoms with Crippen molar-refractivity contribution in [3.8, 4) is 0 Å². The van der Waals surface area contributed by atoms with Gasteiger partial charge < -0.3 is 10.6 Å². The van der Waals surface area contributed by atoms with Crippen LogP contribution in [-0.4, -0.2) is 57.5 Å². The summed E-state index contributed by atoms with van der Waals surface area (Å²) in [7, 11) is 0. The van der Waals surface area contributed by atoms with E-state index in [0.717, 1.165) is 31.3 Å². The van der Waals surface area contributed by atoms with Crippen molar-refractivity contribution in [1.82, 2.24) is 25.1 Å². The third-order valence-electron chi connectivity index (χ3n) is 7.59. The van der Waals surface area contributed by atoms with Crippen LogP contribution in [0.1, 0.15) is 56.3 Å². The van der Waals surface area contributed by atoms with E-state index in [9.17, 15) is 9.59 Å². The molecule has 7 nitrogen and oxygen atoms in total. The number of carbonyl (C=O) groups is 2. The van der Waals surface area contributed by atoms with Crippen LogP contribution in [0.15, 0.2) is 30.6 Å². The van der Waals surface area contributed by atoms with E-state index in [1.54, 1.807) is 10.7 Å². The number of nitrogens with zero attached hydrogens (tertiary/aromatic N) is 3. The zero-order chi connectivity index (χ0) is 20.9. The topological polar surface area (TPSA) is 78.7 Å². The summed E-state index contributed by atoms with van der Waals surface area (Å²) in [6.45, 7) is 6.12. The average Bonchev–Trinajstić information content (AvgIpc) is 3.25. The van der Waals surface area contributed by atoms with Crippen molar-refractivity contribution in [2.75, 3.05) is 13.1 Å². The molecule has 3 heterocycles. The number of hydrogen-bond acceptors (Lipinski definition) is 4. The molecule has 3 aliphatic rings. The van der Waals surface area contributed by atoms with E-state index >= 15 is 0 Å². The molecule has 2 amide bonds. The van der Waals surface area contributed by atoms with Crippen molar-refractivity contribution in [3.63, 3.8) is 0 Å². The Labute approximate surface area is 177 Å². The molecule has 30 heavy (non-hydrogen) atoms. The van der Waals surface area contributed by atoms with Crippen molar-refractivity contribution in [2.24, 2.45) is 11.3 Å². The maximum absolute atomic E-state index is 12.9. The lowest BCUT2D eigenvalue weighted by atomic mass is 9.58. The molecule has 3 unspecified atom stereocenters. The monoisotopic (exact) mass is 409 g/mol. The van der Waals surface area contributed by atoms with E-state index < -0.39 is 0 Å². The highest BCUT2D eigenvalue weighted by molar-refractivity contribution is 6.00. The third-order valence-corrected chi connectivity index (χ3v) is 7.59. The first-order valence-corrected chi connectivity index (χ1v) is 11.2. The molecule has 160 valence electrons. The molecule has 0 bridgehead atoms. The summed E-state index contributed by atoms with van der Waals surface area (Å²) in [6, 6.07) is 6.34. The molecule has 5 rings (SSSR count). The first-order chi connectivity index (χ1) is 14.4. The summed E-state index contributed by atoms with van der Waals surface area (Å²) >= 11 is 0. The van der Waals surface area contributed by atoms with Crippen LogP contribution in [0.5, 0.6) is 0 Å². The molecule has 2 aliphatic carbocycles. The predicted octanol–water partition coefficient (Wildman–Crippen LogP) is 2.22. The van der Waals surface area contributed by atoms with Crippen molar-refractivity contribution in [1.29, 1.82) is 0 Å². The maximum Gasteiger partial charge on any atom is 0.253 e. The number of rotatable bonds is 6. The van der Waals surface area contributed by atoms with Gasteiger partial charge in [0.1, 0.15) is 0 Å². The summed E-state index contributed by atoms with van der Waals surface area (Å²) in [4.78, 5) is 28.0. The lowest BCUT2D eigenvalue weighted by molar-refractivity contribution is -0.126. The summed E-state index contributed by atoms with van der Waals surface area (Å²) in [5.74, 6) is 0.496. The average molecular weight is 410 g/mol. The molecule has 0 spiro atoms. The largest absolute Gasteiger partial charge is 0.354 e. The zero-order valence-corrected chi connectivity index (χ0v) is 17.8. The Hall–Kier alpha value is -2.41. The number of likely N-dealkylation sites (tertiary alicyclic amines) is 1. The van der Waals surface area contributed by atoms with Gasteiger partial charge in [-0.2, -0.15) is 5.10 Å². The van der Waals surface area contributed by atoms with Crippen LogP contribution in [0.3, 0.4) is 0 Å². The van der Waals surface area contributed by atoms with E-state index in [1.165, 1.54) is 12.8 Å². The number of carbonyl (C=O) groups excluding carboxylic acids is 2. The van der Waals surface area contributed by atoms with E-state index in [2.05, 4.69) is 34.5 Å². The van der Waals surface area contributed by atoms with Crippen LogP contribution in [0.2, 0.25) is 0 Å². The molecule has 7 heteroatoms. The van der Waals surface area contributed by atoms with Gasteiger partial charge in [-0.25, -0.2) is 4.52 Å². The van der Waals surface area contributed by atoms with E-state index in [4.69, 9.17) is 0 Å². The number of amides is 2. The lowest BCUT2D eigenvalue weighted by Gasteiger charge is -2.52. The van der Waals surface area contributed by atoms with Gasteiger partial charge in [0.25, 0.3) is 5.91 Å². The summed E-state index contributed by atoms with van der Waals surface area (Å²) in [5, 5.41) is 10.6. The van der Waals surface area contributed by atoms with Gasteiger partial charge in [0, 0.05) is 24.8 Å². The minimum absolute atomic E-state index is 0.0555. The SMILES string of the molecule is CC1(C)C(CNC(=O)C2CCCN2C2CC2)CC1NC(=O)c1cccn2nccc12. The fourth-order valence-corrected chi connectivity index (χ4v) is 5.24. The second-order valence-corrected chi connectivity index (χ2v) is 9.74.